The Kier molecular flexibility index (Phi) is 3.01. The fraction of sp³-hybridized carbons (Fsp3) is 0.692. The van der Waals surface area contributed by atoms with E-state index in [0.717, 1.165) is 6.04 Å². The molecule has 3 rings (SSSR count). The quantitative estimate of drug-likeness (QED) is 0.848. The van der Waals surface area contributed by atoms with Crippen molar-refractivity contribution in [2.75, 3.05) is 19.6 Å². The Labute approximate surface area is 102 Å². The Balaban J connectivity index is 1.69. The van der Waals surface area contributed by atoms with E-state index in [4.69, 9.17) is 0 Å². The molecule has 1 N–H and O–H groups in total. The van der Waals surface area contributed by atoms with Crippen molar-refractivity contribution in [2.24, 2.45) is 0 Å². The normalized spacial score (nSPS) is 30.6. The zero-order valence-electron chi connectivity index (χ0n) is 9.91. The highest BCUT2D eigenvalue weighted by atomic mass is 32.1. The zero-order chi connectivity index (χ0) is 11.0. The van der Waals surface area contributed by atoms with Crippen molar-refractivity contribution in [2.45, 2.75) is 38.3 Å². The number of thiophene rings is 1. The highest BCUT2D eigenvalue weighted by Gasteiger charge is 2.27. The van der Waals surface area contributed by atoms with Gasteiger partial charge >= 0.3 is 0 Å². The molecule has 2 aliphatic heterocycles. The molecule has 3 heterocycles. The second-order valence-electron chi connectivity index (χ2n) is 5.01. The van der Waals surface area contributed by atoms with Crippen LogP contribution in [0.4, 0.5) is 0 Å². The summed E-state index contributed by atoms with van der Waals surface area (Å²) in [5.74, 6) is 0. The van der Waals surface area contributed by atoms with Crippen molar-refractivity contribution in [3.63, 3.8) is 0 Å². The summed E-state index contributed by atoms with van der Waals surface area (Å²) in [5.41, 5.74) is 1.58. The van der Waals surface area contributed by atoms with Gasteiger partial charge in [0.05, 0.1) is 0 Å². The van der Waals surface area contributed by atoms with E-state index in [1.54, 1.807) is 10.4 Å². The molecule has 1 aromatic heterocycles. The first-order chi connectivity index (χ1) is 7.84. The molecule has 1 fully saturated rings. The molecule has 0 radical (unpaired) electrons. The second kappa shape index (κ2) is 4.47. The SMILES string of the molecule is CC1c2ccsc2CCN1C[C@@H]1CCCN1. The molecule has 0 bridgehead atoms. The molecule has 2 atom stereocenters. The second-order valence-corrected chi connectivity index (χ2v) is 6.01. The van der Waals surface area contributed by atoms with E-state index in [2.05, 4.69) is 28.6 Å². The van der Waals surface area contributed by atoms with Crippen molar-refractivity contribution in [3.05, 3.63) is 21.9 Å². The Hall–Kier alpha value is -0.380. The van der Waals surface area contributed by atoms with Gasteiger partial charge < -0.3 is 5.32 Å². The maximum atomic E-state index is 3.60. The van der Waals surface area contributed by atoms with Crippen LogP contribution in [0.1, 0.15) is 36.2 Å². The molecule has 0 aromatic carbocycles. The molecule has 88 valence electrons. The van der Waals surface area contributed by atoms with Crippen LogP contribution in [0.2, 0.25) is 0 Å². The van der Waals surface area contributed by atoms with E-state index < -0.39 is 0 Å². The minimum atomic E-state index is 0.623. The molecule has 0 spiro atoms. The summed E-state index contributed by atoms with van der Waals surface area (Å²) in [5, 5.41) is 5.85. The van der Waals surface area contributed by atoms with Crippen molar-refractivity contribution in [1.82, 2.24) is 10.2 Å². The van der Waals surface area contributed by atoms with Crippen molar-refractivity contribution in [3.8, 4) is 0 Å². The fourth-order valence-corrected chi connectivity index (χ4v) is 3.97. The Morgan fingerprint density at radius 2 is 2.50 bits per heavy atom. The molecular weight excluding hydrogens is 216 g/mol. The van der Waals surface area contributed by atoms with Gasteiger partial charge in [0.2, 0.25) is 0 Å². The molecule has 0 saturated carbocycles. The molecule has 3 heteroatoms. The molecule has 0 amide bonds. The molecule has 1 unspecified atom stereocenters. The summed E-state index contributed by atoms with van der Waals surface area (Å²) in [6, 6.07) is 3.68. The lowest BCUT2D eigenvalue weighted by Gasteiger charge is -2.35. The van der Waals surface area contributed by atoms with Crippen LogP contribution < -0.4 is 5.32 Å². The van der Waals surface area contributed by atoms with E-state index in [-0.39, 0.29) is 0 Å². The van der Waals surface area contributed by atoms with Crippen LogP contribution in [0.5, 0.6) is 0 Å². The highest BCUT2D eigenvalue weighted by molar-refractivity contribution is 7.10. The largest absolute Gasteiger partial charge is 0.313 e. The number of hydrogen-bond donors (Lipinski definition) is 1. The van der Waals surface area contributed by atoms with Crippen LogP contribution in [-0.4, -0.2) is 30.6 Å². The van der Waals surface area contributed by atoms with Crippen LogP contribution in [0.3, 0.4) is 0 Å². The van der Waals surface area contributed by atoms with E-state index in [0.29, 0.717) is 6.04 Å². The summed E-state index contributed by atoms with van der Waals surface area (Å²) < 4.78 is 0. The van der Waals surface area contributed by atoms with Crippen LogP contribution in [0.15, 0.2) is 11.4 Å². The topological polar surface area (TPSA) is 15.3 Å². The van der Waals surface area contributed by atoms with Crippen LogP contribution in [-0.2, 0) is 6.42 Å². The lowest BCUT2D eigenvalue weighted by molar-refractivity contribution is 0.183. The summed E-state index contributed by atoms with van der Waals surface area (Å²) in [6.45, 7) is 6.06. The predicted molar refractivity (Wildman–Crippen MR) is 69.0 cm³/mol. The zero-order valence-corrected chi connectivity index (χ0v) is 10.7. The number of hydrogen-bond acceptors (Lipinski definition) is 3. The summed E-state index contributed by atoms with van der Waals surface area (Å²) >= 11 is 1.93. The number of rotatable bonds is 2. The Morgan fingerprint density at radius 1 is 1.56 bits per heavy atom. The number of nitrogens with zero attached hydrogens (tertiary/aromatic N) is 1. The van der Waals surface area contributed by atoms with E-state index >= 15 is 0 Å². The van der Waals surface area contributed by atoms with Gasteiger partial charge in [-0.15, -0.1) is 11.3 Å². The Morgan fingerprint density at radius 3 is 3.31 bits per heavy atom. The Bertz CT molecular complexity index is 355. The summed E-state index contributed by atoms with van der Waals surface area (Å²) in [7, 11) is 0. The number of fused-ring (bicyclic) bond motifs is 1. The van der Waals surface area contributed by atoms with Gasteiger partial charge in [0, 0.05) is 30.1 Å². The minimum Gasteiger partial charge on any atom is -0.313 e. The van der Waals surface area contributed by atoms with Gasteiger partial charge in [-0.1, -0.05) is 0 Å². The first-order valence-electron chi connectivity index (χ1n) is 6.38. The van der Waals surface area contributed by atoms with Gasteiger partial charge in [-0.05, 0) is 49.7 Å². The third-order valence-corrected chi connectivity index (χ3v) is 5.02. The molecule has 2 nitrogen and oxygen atoms in total. The third kappa shape index (κ3) is 1.92. The molecule has 2 aliphatic rings. The molecule has 0 aliphatic carbocycles. The molecule has 16 heavy (non-hydrogen) atoms. The fourth-order valence-electron chi connectivity index (χ4n) is 3.01. The van der Waals surface area contributed by atoms with E-state index in [1.165, 1.54) is 38.9 Å². The highest BCUT2D eigenvalue weighted by Crippen LogP contribution is 2.33. The summed E-state index contributed by atoms with van der Waals surface area (Å²) in [6.07, 6.45) is 3.97. The first kappa shape index (κ1) is 10.8. The van der Waals surface area contributed by atoms with Gasteiger partial charge in [-0.25, -0.2) is 0 Å². The predicted octanol–water partition coefficient (Wildman–Crippen LogP) is 2.42. The van der Waals surface area contributed by atoms with E-state index in [1.807, 2.05) is 11.3 Å². The lowest BCUT2D eigenvalue weighted by atomic mass is 10.0. The smallest absolute Gasteiger partial charge is 0.0331 e. The van der Waals surface area contributed by atoms with Gasteiger partial charge in [0.25, 0.3) is 0 Å². The average molecular weight is 236 g/mol. The number of nitrogens with one attached hydrogen (secondary N) is 1. The maximum absolute atomic E-state index is 3.60. The minimum absolute atomic E-state index is 0.623. The van der Waals surface area contributed by atoms with Crippen molar-refractivity contribution in [1.29, 1.82) is 0 Å². The van der Waals surface area contributed by atoms with Crippen molar-refractivity contribution < 1.29 is 0 Å². The van der Waals surface area contributed by atoms with E-state index in [9.17, 15) is 0 Å². The van der Waals surface area contributed by atoms with Crippen molar-refractivity contribution >= 4 is 11.3 Å². The molecule has 1 aromatic rings. The van der Waals surface area contributed by atoms with Gasteiger partial charge in [0.15, 0.2) is 0 Å². The van der Waals surface area contributed by atoms with Crippen LogP contribution in [0, 0.1) is 0 Å². The maximum Gasteiger partial charge on any atom is 0.0331 e. The van der Waals surface area contributed by atoms with Crippen LogP contribution in [0.25, 0.3) is 0 Å². The summed E-state index contributed by atoms with van der Waals surface area (Å²) in [4.78, 5) is 4.26. The van der Waals surface area contributed by atoms with Gasteiger partial charge in [0.1, 0.15) is 0 Å². The van der Waals surface area contributed by atoms with Crippen LogP contribution >= 0.6 is 11.3 Å². The molecule has 1 saturated heterocycles. The van der Waals surface area contributed by atoms with Gasteiger partial charge in [-0.2, -0.15) is 0 Å². The monoisotopic (exact) mass is 236 g/mol. The first-order valence-corrected chi connectivity index (χ1v) is 7.26. The molecular formula is C13H20N2S. The lowest BCUT2D eigenvalue weighted by Crippen LogP contribution is -2.41. The van der Waals surface area contributed by atoms with Gasteiger partial charge in [-0.3, -0.25) is 4.90 Å². The average Bonchev–Trinajstić information content (AvgIpc) is 2.93. The third-order valence-electron chi connectivity index (χ3n) is 4.02. The standard InChI is InChI=1S/C13H20N2S/c1-10-12-5-8-16-13(12)4-7-15(10)9-11-3-2-6-14-11/h5,8,10-11,14H,2-4,6-7,9H2,1H3/t10?,11-/m0/s1.